The van der Waals surface area contributed by atoms with E-state index in [0.717, 1.165) is 22.3 Å². The van der Waals surface area contributed by atoms with Crippen molar-refractivity contribution in [3.8, 4) is 11.5 Å². The molecule has 0 saturated carbocycles. The van der Waals surface area contributed by atoms with Crippen molar-refractivity contribution < 1.29 is 19.0 Å². The minimum atomic E-state index is -0.382. The van der Waals surface area contributed by atoms with E-state index in [0.29, 0.717) is 11.5 Å². The summed E-state index contributed by atoms with van der Waals surface area (Å²) in [4.78, 5) is 11.9. The number of carbonyl (C=O) groups excluding carboxylic acids is 1. The number of rotatable bonds is 6. The highest BCUT2D eigenvalue weighted by atomic mass is 16.5. The van der Waals surface area contributed by atoms with Crippen molar-refractivity contribution in [3.63, 3.8) is 0 Å². The quantitative estimate of drug-likeness (QED) is 0.593. The Balaban J connectivity index is 2.03. The number of carbonyl (C=O) groups is 1. The van der Waals surface area contributed by atoms with Crippen molar-refractivity contribution >= 4 is 12.0 Å². The molecule has 0 radical (unpaired) electrons. The van der Waals surface area contributed by atoms with Crippen molar-refractivity contribution in [1.29, 1.82) is 0 Å². The summed E-state index contributed by atoms with van der Waals surface area (Å²) in [5, 5.41) is 0. The summed E-state index contributed by atoms with van der Waals surface area (Å²) in [5.41, 5.74) is 3.96. The number of methoxy groups -OCH3 is 2. The largest absolute Gasteiger partial charge is 0.493 e. The molecule has 0 aliphatic carbocycles. The molecule has 2 aromatic rings. The third-order valence-corrected chi connectivity index (χ3v) is 3.80. The summed E-state index contributed by atoms with van der Waals surface area (Å²) < 4.78 is 15.9. The van der Waals surface area contributed by atoms with Crippen molar-refractivity contribution in [1.82, 2.24) is 0 Å². The molecule has 24 heavy (non-hydrogen) atoms. The number of esters is 1. The van der Waals surface area contributed by atoms with Gasteiger partial charge in [0.05, 0.1) is 14.2 Å². The Bertz CT molecular complexity index is 747. The van der Waals surface area contributed by atoms with Gasteiger partial charge in [-0.1, -0.05) is 24.3 Å². The monoisotopic (exact) mass is 326 g/mol. The van der Waals surface area contributed by atoms with Crippen LogP contribution in [0.3, 0.4) is 0 Å². The molecule has 0 N–H and O–H groups in total. The normalized spacial score (nSPS) is 10.7. The summed E-state index contributed by atoms with van der Waals surface area (Å²) in [6.07, 6.45) is 3.21. The molecule has 126 valence electrons. The first kappa shape index (κ1) is 17.6. The SMILES string of the molecule is COc1cc(C)c(COC(=O)/C=C/c2ccccc2C)cc1OC. The highest BCUT2D eigenvalue weighted by molar-refractivity contribution is 5.87. The minimum absolute atomic E-state index is 0.184. The fraction of sp³-hybridized carbons (Fsp3) is 0.250. The van der Waals surface area contributed by atoms with Gasteiger partial charge in [-0.2, -0.15) is 0 Å². The molecular weight excluding hydrogens is 304 g/mol. The van der Waals surface area contributed by atoms with E-state index in [1.54, 1.807) is 20.3 Å². The average Bonchev–Trinajstić information content (AvgIpc) is 2.59. The molecule has 0 unspecified atom stereocenters. The summed E-state index contributed by atoms with van der Waals surface area (Å²) in [6, 6.07) is 11.5. The van der Waals surface area contributed by atoms with E-state index in [2.05, 4.69) is 0 Å². The lowest BCUT2D eigenvalue weighted by Gasteiger charge is -2.12. The lowest BCUT2D eigenvalue weighted by atomic mass is 10.1. The lowest BCUT2D eigenvalue weighted by Crippen LogP contribution is -2.03. The molecule has 2 rings (SSSR count). The van der Waals surface area contributed by atoms with Gasteiger partial charge in [-0.3, -0.25) is 0 Å². The molecule has 0 amide bonds. The highest BCUT2D eigenvalue weighted by Crippen LogP contribution is 2.30. The van der Waals surface area contributed by atoms with Gasteiger partial charge in [0, 0.05) is 6.08 Å². The summed E-state index contributed by atoms with van der Waals surface area (Å²) in [6.45, 7) is 4.12. The third-order valence-electron chi connectivity index (χ3n) is 3.80. The molecule has 0 bridgehead atoms. The molecule has 0 fully saturated rings. The van der Waals surface area contributed by atoms with Crippen molar-refractivity contribution in [2.24, 2.45) is 0 Å². The van der Waals surface area contributed by atoms with Gasteiger partial charge in [0.15, 0.2) is 11.5 Å². The van der Waals surface area contributed by atoms with Gasteiger partial charge >= 0.3 is 5.97 Å². The molecule has 0 atom stereocenters. The highest BCUT2D eigenvalue weighted by Gasteiger charge is 2.10. The number of aryl methyl sites for hydroxylation is 2. The van der Waals surface area contributed by atoms with E-state index in [9.17, 15) is 4.79 Å². The molecular formula is C20H22O4. The minimum Gasteiger partial charge on any atom is -0.493 e. The van der Waals surface area contributed by atoms with Crippen LogP contribution in [0.1, 0.15) is 22.3 Å². The van der Waals surface area contributed by atoms with Gasteiger partial charge in [-0.05, 0) is 54.3 Å². The Kier molecular flexibility index (Phi) is 6.01. The topological polar surface area (TPSA) is 44.8 Å². The average molecular weight is 326 g/mol. The maximum Gasteiger partial charge on any atom is 0.331 e. The Hall–Kier alpha value is -2.75. The van der Waals surface area contributed by atoms with E-state index < -0.39 is 0 Å². The summed E-state index contributed by atoms with van der Waals surface area (Å²) in [7, 11) is 3.17. The van der Waals surface area contributed by atoms with Crippen LogP contribution in [0, 0.1) is 13.8 Å². The molecule has 0 spiro atoms. The van der Waals surface area contributed by atoms with E-state index >= 15 is 0 Å². The van der Waals surface area contributed by atoms with Crippen LogP contribution in [0.15, 0.2) is 42.5 Å². The van der Waals surface area contributed by atoms with Crippen molar-refractivity contribution in [3.05, 3.63) is 64.7 Å². The van der Waals surface area contributed by atoms with Crippen LogP contribution in [0.4, 0.5) is 0 Å². The third kappa shape index (κ3) is 4.38. The first-order valence-electron chi connectivity index (χ1n) is 7.67. The number of hydrogen-bond donors (Lipinski definition) is 0. The zero-order valence-electron chi connectivity index (χ0n) is 14.5. The van der Waals surface area contributed by atoms with Crippen LogP contribution in [0.5, 0.6) is 11.5 Å². The summed E-state index contributed by atoms with van der Waals surface area (Å²) >= 11 is 0. The van der Waals surface area contributed by atoms with Crippen molar-refractivity contribution in [2.45, 2.75) is 20.5 Å². The van der Waals surface area contributed by atoms with E-state index in [1.165, 1.54) is 6.08 Å². The van der Waals surface area contributed by atoms with Crippen LogP contribution in [0.25, 0.3) is 6.08 Å². The predicted octanol–water partition coefficient (Wildman–Crippen LogP) is 4.08. The Labute approximate surface area is 142 Å². The fourth-order valence-corrected chi connectivity index (χ4v) is 2.31. The first-order chi connectivity index (χ1) is 11.5. The smallest absolute Gasteiger partial charge is 0.331 e. The molecule has 0 aromatic heterocycles. The van der Waals surface area contributed by atoms with Crippen LogP contribution in [0.2, 0.25) is 0 Å². The zero-order valence-corrected chi connectivity index (χ0v) is 14.5. The number of ether oxygens (including phenoxy) is 3. The Morgan fingerprint density at radius 2 is 1.67 bits per heavy atom. The van der Waals surface area contributed by atoms with Gasteiger partial charge in [-0.25, -0.2) is 4.79 Å². The zero-order chi connectivity index (χ0) is 17.5. The second-order valence-corrected chi connectivity index (χ2v) is 5.43. The molecule has 0 heterocycles. The first-order valence-corrected chi connectivity index (χ1v) is 7.67. The second kappa shape index (κ2) is 8.20. The fourth-order valence-electron chi connectivity index (χ4n) is 2.31. The van der Waals surface area contributed by atoms with Crippen LogP contribution >= 0.6 is 0 Å². The molecule has 4 nitrogen and oxygen atoms in total. The summed E-state index contributed by atoms with van der Waals surface area (Å²) in [5.74, 6) is 0.890. The predicted molar refractivity (Wildman–Crippen MR) is 94.3 cm³/mol. The van der Waals surface area contributed by atoms with Gasteiger partial charge in [0.1, 0.15) is 6.61 Å². The molecule has 0 saturated heterocycles. The Morgan fingerprint density at radius 3 is 2.33 bits per heavy atom. The van der Waals surface area contributed by atoms with Gasteiger partial charge in [0.25, 0.3) is 0 Å². The Morgan fingerprint density at radius 1 is 1.00 bits per heavy atom. The number of hydrogen-bond acceptors (Lipinski definition) is 4. The lowest BCUT2D eigenvalue weighted by molar-refractivity contribution is -0.138. The van der Waals surface area contributed by atoms with Crippen LogP contribution < -0.4 is 9.47 Å². The molecule has 0 aliphatic heterocycles. The van der Waals surface area contributed by atoms with E-state index in [-0.39, 0.29) is 12.6 Å². The van der Waals surface area contributed by atoms with Gasteiger partial charge in [-0.15, -0.1) is 0 Å². The van der Waals surface area contributed by atoms with Gasteiger partial charge in [0.2, 0.25) is 0 Å². The van der Waals surface area contributed by atoms with Crippen LogP contribution in [-0.2, 0) is 16.1 Å². The molecule has 4 heteroatoms. The van der Waals surface area contributed by atoms with E-state index in [4.69, 9.17) is 14.2 Å². The van der Waals surface area contributed by atoms with Crippen LogP contribution in [-0.4, -0.2) is 20.2 Å². The standard InChI is InChI=1S/C20H22O4/c1-14-7-5-6-8-16(14)9-10-20(21)24-13-17-12-19(23-4)18(22-3)11-15(17)2/h5-12H,13H2,1-4H3/b10-9+. The van der Waals surface area contributed by atoms with Gasteiger partial charge < -0.3 is 14.2 Å². The maximum atomic E-state index is 11.9. The maximum absolute atomic E-state index is 11.9. The number of benzene rings is 2. The molecule has 0 aliphatic rings. The second-order valence-electron chi connectivity index (χ2n) is 5.43. The molecule has 2 aromatic carbocycles. The van der Waals surface area contributed by atoms with E-state index in [1.807, 2.05) is 50.2 Å². The van der Waals surface area contributed by atoms with Crippen molar-refractivity contribution in [2.75, 3.05) is 14.2 Å².